The third-order valence-corrected chi connectivity index (χ3v) is 6.35. The van der Waals surface area contributed by atoms with Crippen LogP contribution in [0.25, 0.3) is 0 Å². The fourth-order valence-corrected chi connectivity index (χ4v) is 4.45. The topological polar surface area (TPSA) is 71.5 Å². The largest absolute Gasteiger partial charge is 0.497 e. The highest BCUT2D eigenvalue weighted by Crippen LogP contribution is 2.30. The number of pyridine rings is 1. The summed E-state index contributed by atoms with van der Waals surface area (Å²) in [5.41, 5.74) is 5.24. The van der Waals surface area contributed by atoms with Gasteiger partial charge in [0.15, 0.2) is 0 Å². The number of aryl methyl sites for hydroxylation is 2. The summed E-state index contributed by atoms with van der Waals surface area (Å²) in [6.45, 7) is 5.73. The fraction of sp³-hybridized carbons (Fsp3) is 0.321. The number of methoxy groups -OCH3 is 1. The number of carbonyl (C=O) groups is 2. The number of benzene rings is 2. The van der Waals surface area contributed by atoms with Crippen molar-refractivity contribution in [3.05, 3.63) is 94.3 Å². The van der Waals surface area contributed by atoms with Crippen molar-refractivity contribution in [2.24, 2.45) is 0 Å². The third-order valence-electron chi connectivity index (χ3n) is 6.35. The van der Waals surface area contributed by atoms with E-state index in [1.165, 1.54) is 5.56 Å². The van der Waals surface area contributed by atoms with E-state index in [1.54, 1.807) is 31.4 Å². The Morgan fingerprint density at radius 1 is 1.03 bits per heavy atom. The van der Waals surface area contributed by atoms with Crippen molar-refractivity contribution in [3.8, 4) is 5.75 Å². The lowest BCUT2D eigenvalue weighted by Gasteiger charge is -2.32. The molecule has 0 saturated carbocycles. The molecule has 0 aliphatic carbocycles. The number of piperidine rings is 1. The SMILES string of the molecule is COc1ccc(C(=O)N2CCC(c3nc(C)ccc3C(=O)NCc3cccc(C)c3)CC2)cc1. The first-order valence-electron chi connectivity index (χ1n) is 11.7. The minimum Gasteiger partial charge on any atom is -0.497 e. The van der Waals surface area contributed by atoms with Crippen molar-refractivity contribution in [1.82, 2.24) is 15.2 Å². The summed E-state index contributed by atoms with van der Waals surface area (Å²) in [6.07, 6.45) is 1.55. The van der Waals surface area contributed by atoms with Crippen LogP contribution >= 0.6 is 0 Å². The van der Waals surface area contributed by atoms with E-state index < -0.39 is 0 Å². The van der Waals surface area contributed by atoms with Crippen LogP contribution in [0.5, 0.6) is 5.75 Å². The molecule has 1 N–H and O–H groups in total. The zero-order valence-corrected chi connectivity index (χ0v) is 20.0. The summed E-state index contributed by atoms with van der Waals surface area (Å²) in [6, 6.07) is 19.1. The Morgan fingerprint density at radius 3 is 2.44 bits per heavy atom. The second kappa shape index (κ2) is 10.5. The van der Waals surface area contributed by atoms with E-state index in [1.807, 2.05) is 49.1 Å². The van der Waals surface area contributed by atoms with Crippen LogP contribution in [-0.4, -0.2) is 41.9 Å². The minimum atomic E-state index is -0.110. The number of hydrogen-bond acceptors (Lipinski definition) is 4. The number of aromatic nitrogens is 1. The van der Waals surface area contributed by atoms with Crippen LogP contribution in [0.2, 0.25) is 0 Å². The van der Waals surface area contributed by atoms with Gasteiger partial charge in [0, 0.05) is 36.8 Å². The molecule has 2 amide bonds. The number of amides is 2. The summed E-state index contributed by atoms with van der Waals surface area (Å²) >= 11 is 0. The predicted octanol–water partition coefficient (Wildman–Crippen LogP) is 4.66. The lowest BCUT2D eigenvalue weighted by Crippen LogP contribution is -2.38. The Kier molecular flexibility index (Phi) is 7.26. The number of nitrogens with zero attached hydrogens (tertiary/aromatic N) is 2. The first kappa shape index (κ1) is 23.5. The highest BCUT2D eigenvalue weighted by Gasteiger charge is 2.28. The number of rotatable bonds is 6. The van der Waals surface area contributed by atoms with Crippen LogP contribution in [0.3, 0.4) is 0 Å². The van der Waals surface area contributed by atoms with Gasteiger partial charge in [-0.1, -0.05) is 29.8 Å². The molecule has 6 nitrogen and oxygen atoms in total. The number of carbonyl (C=O) groups excluding carboxylic acids is 2. The maximum atomic E-state index is 13.1. The Bertz CT molecular complexity index is 1170. The van der Waals surface area contributed by atoms with Crippen LogP contribution in [0.4, 0.5) is 0 Å². The minimum absolute atomic E-state index is 0.0226. The van der Waals surface area contributed by atoms with Gasteiger partial charge in [0.25, 0.3) is 11.8 Å². The number of hydrogen-bond donors (Lipinski definition) is 1. The molecular formula is C28H31N3O3. The van der Waals surface area contributed by atoms with E-state index in [-0.39, 0.29) is 17.7 Å². The zero-order valence-electron chi connectivity index (χ0n) is 20.0. The molecule has 2 heterocycles. The molecule has 0 spiro atoms. The van der Waals surface area contributed by atoms with E-state index in [0.29, 0.717) is 30.8 Å². The van der Waals surface area contributed by atoms with Gasteiger partial charge < -0.3 is 15.0 Å². The third kappa shape index (κ3) is 5.45. The summed E-state index contributed by atoms with van der Waals surface area (Å²) < 4.78 is 5.18. The first-order valence-corrected chi connectivity index (χ1v) is 11.7. The quantitative estimate of drug-likeness (QED) is 0.585. The monoisotopic (exact) mass is 457 g/mol. The molecule has 2 aromatic carbocycles. The summed E-state index contributed by atoms with van der Waals surface area (Å²) in [4.78, 5) is 32.6. The van der Waals surface area contributed by atoms with Crippen LogP contribution in [-0.2, 0) is 6.54 Å². The molecule has 1 aliphatic heterocycles. The Hall–Kier alpha value is -3.67. The molecule has 4 rings (SSSR count). The predicted molar refractivity (Wildman–Crippen MR) is 132 cm³/mol. The van der Waals surface area contributed by atoms with E-state index in [0.717, 1.165) is 35.5 Å². The maximum absolute atomic E-state index is 13.1. The first-order chi connectivity index (χ1) is 16.4. The van der Waals surface area contributed by atoms with Crippen molar-refractivity contribution in [2.75, 3.05) is 20.2 Å². The molecule has 0 unspecified atom stereocenters. The maximum Gasteiger partial charge on any atom is 0.253 e. The molecule has 3 aromatic rings. The van der Waals surface area contributed by atoms with E-state index in [2.05, 4.69) is 11.4 Å². The molecular weight excluding hydrogens is 426 g/mol. The van der Waals surface area contributed by atoms with Gasteiger partial charge in [-0.05, 0) is 68.7 Å². The average Bonchev–Trinajstić information content (AvgIpc) is 2.87. The molecule has 0 atom stereocenters. The molecule has 1 saturated heterocycles. The van der Waals surface area contributed by atoms with Gasteiger partial charge in [0.2, 0.25) is 0 Å². The van der Waals surface area contributed by atoms with Gasteiger partial charge in [-0.25, -0.2) is 0 Å². The molecule has 1 fully saturated rings. The Balaban J connectivity index is 1.42. The summed E-state index contributed by atoms with van der Waals surface area (Å²) in [5.74, 6) is 0.781. The normalized spacial score (nSPS) is 14.0. The smallest absolute Gasteiger partial charge is 0.253 e. The van der Waals surface area contributed by atoms with Gasteiger partial charge in [0.05, 0.1) is 18.4 Å². The van der Waals surface area contributed by atoms with Crippen LogP contribution < -0.4 is 10.1 Å². The van der Waals surface area contributed by atoms with Crippen molar-refractivity contribution in [1.29, 1.82) is 0 Å². The molecule has 176 valence electrons. The fourth-order valence-electron chi connectivity index (χ4n) is 4.45. The van der Waals surface area contributed by atoms with E-state index >= 15 is 0 Å². The average molecular weight is 458 g/mol. The highest BCUT2D eigenvalue weighted by atomic mass is 16.5. The van der Waals surface area contributed by atoms with Crippen molar-refractivity contribution in [2.45, 2.75) is 39.2 Å². The van der Waals surface area contributed by atoms with Gasteiger partial charge >= 0.3 is 0 Å². The lowest BCUT2D eigenvalue weighted by atomic mass is 9.89. The summed E-state index contributed by atoms with van der Waals surface area (Å²) in [5, 5.41) is 3.05. The lowest BCUT2D eigenvalue weighted by molar-refractivity contribution is 0.0710. The molecule has 0 radical (unpaired) electrons. The van der Waals surface area contributed by atoms with Gasteiger partial charge in [-0.15, -0.1) is 0 Å². The molecule has 34 heavy (non-hydrogen) atoms. The van der Waals surface area contributed by atoms with Crippen molar-refractivity contribution < 1.29 is 14.3 Å². The Labute approximate surface area is 201 Å². The van der Waals surface area contributed by atoms with Gasteiger partial charge in [-0.2, -0.15) is 0 Å². The number of ether oxygens (including phenoxy) is 1. The summed E-state index contributed by atoms with van der Waals surface area (Å²) in [7, 11) is 1.61. The second-order valence-electron chi connectivity index (χ2n) is 8.85. The van der Waals surface area contributed by atoms with Crippen LogP contribution in [0.15, 0.2) is 60.7 Å². The van der Waals surface area contributed by atoms with Gasteiger partial charge in [0.1, 0.15) is 5.75 Å². The zero-order chi connectivity index (χ0) is 24.1. The van der Waals surface area contributed by atoms with Crippen LogP contribution in [0.1, 0.15) is 62.0 Å². The van der Waals surface area contributed by atoms with Crippen molar-refractivity contribution >= 4 is 11.8 Å². The van der Waals surface area contributed by atoms with Crippen LogP contribution in [0, 0.1) is 13.8 Å². The second-order valence-corrected chi connectivity index (χ2v) is 8.85. The molecule has 1 aliphatic rings. The standard InChI is InChI=1S/C28H31N3O3/c1-19-5-4-6-21(17-19)18-29-27(32)25-12-7-20(2)30-26(25)22-13-15-31(16-14-22)28(33)23-8-10-24(34-3)11-9-23/h4-12,17,22H,13-16,18H2,1-3H3,(H,29,32). The van der Waals surface area contributed by atoms with Crippen molar-refractivity contribution in [3.63, 3.8) is 0 Å². The number of likely N-dealkylation sites (tertiary alicyclic amines) is 1. The molecule has 6 heteroatoms. The highest BCUT2D eigenvalue weighted by molar-refractivity contribution is 5.96. The van der Waals surface area contributed by atoms with E-state index in [4.69, 9.17) is 9.72 Å². The molecule has 0 bridgehead atoms. The van der Waals surface area contributed by atoms with Gasteiger partial charge in [-0.3, -0.25) is 14.6 Å². The Morgan fingerprint density at radius 2 is 1.76 bits per heavy atom. The van der Waals surface area contributed by atoms with E-state index in [9.17, 15) is 9.59 Å². The molecule has 1 aromatic heterocycles. The number of nitrogens with one attached hydrogen (secondary N) is 1.